The minimum atomic E-state index is -0.446. The van der Waals surface area contributed by atoms with Gasteiger partial charge in [0.25, 0.3) is 0 Å². The van der Waals surface area contributed by atoms with Crippen molar-refractivity contribution in [3.05, 3.63) is 142 Å². The molecule has 0 bridgehead atoms. The first-order valence-corrected chi connectivity index (χ1v) is 16.4. The van der Waals surface area contributed by atoms with Gasteiger partial charge in [-0.05, 0) is 97.8 Å². The normalized spacial score (nSPS) is 11.4. The van der Waals surface area contributed by atoms with Crippen LogP contribution in [-0.4, -0.2) is 13.1 Å². The Bertz CT molecular complexity index is 2650. The topological polar surface area (TPSA) is 116 Å². The maximum atomic E-state index is 13.2. The van der Waals surface area contributed by atoms with E-state index in [0.29, 0.717) is 56.6 Å². The van der Waals surface area contributed by atoms with Gasteiger partial charge in [-0.25, -0.2) is 9.59 Å². The lowest BCUT2D eigenvalue weighted by atomic mass is 10.0. The van der Waals surface area contributed by atoms with Crippen LogP contribution in [0.25, 0.3) is 78.4 Å². The van der Waals surface area contributed by atoms with Gasteiger partial charge < -0.3 is 28.3 Å². The Balaban J connectivity index is 1.06. The SMILES string of the molecule is CCN(CC)c1ccc2cc(-c3cccc(-c4ccc(-c5ccc(-c6cccc(-c7cc8ccc(N)cc8oc7=O)c6)o5)o4)c3)c(=O)oc2c1. The van der Waals surface area contributed by atoms with E-state index in [9.17, 15) is 9.59 Å². The quantitative estimate of drug-likeness (QED) is 0.126. The van der Waals surface area contributed by atoms with Crippen LogP contribution in [0.5, 0.6) is 0 Å². The molecule has 0 spiro atoms. The minimum absolute atomic E-state index is 0.398. The van der Waals surface area contributed by atoms with Crippen molar-refractivity contribution in [2.75, 3.05) is 23.7 Å². The molecule has 8 nitrogen and oxygen atoms in total. The fourth-order valence-electron chi connectivity index (χ4n) is 6.35. The molecule has 0 aliphatic heterocycles. The first-order chi connectivity index (χ1) is 24.4. The summed E-state index contributed by atoms with van der Waals surface area (Å²) in [7, 11) is 0. The Hall–Kier alpha value is -6.54. The second-order valence-corrected chi connectivity index (χ2v) is 12.1. The summed E-state index contributed by atoms with van der Waals surface area (Å²) in [5.41, 5.74) is 11.5. The van der Waals surface area contributed by atoms with E-state index in [1.54, 1.807) is 12.1 Å². The third-order valence-corrected chi connectivity index (χ3v) is 8.98. The lowest BCUT2D eigenvalue weighted by molar-refractivity contribution is 0.539. The van der Waals surface area contributed by atoms with E-state index in [2.05, 4.69) is 24.8 Å². The average molecular weight is 661 g/mol. The monoisotopic (exact) mass is 660 g/mol. The zero-order chi connectivity index (χ0) is 34.4. The van der Waals surface area contributed by atoms with Crippen LogP contribution in [-0.2, 0) is 0 Å². The van der Waals surface area contributed by atoms with Crippen LogP contribution in [0.2, 0.25) is 0 Å². The Morgan fingerprint density at radius 1 is 0.500 bits per heavy atom. The molecule has 0 fully saturated rings. The predicted octanol–water partition coefficient (Wildman–Crippen LogP) is 9.85. The molecular weight excluding hydrogens is 628 g/mol. The fraction of sp³-hybridized carbons (Fsp3) is 0.0952. The van der Waals surface area contributed by atoms with E-state index in [0.717, 1.165) is 46.2 Å². The van der Waals surface area contributed by atoms with Crippen molar-refractivity contribution >= 4 is 33.3 Å². The van der Waals surface area contributed by atoms with Crippen molar-refractivity contribution in [1.29, 1.82) is 0 Å². The number of hydrogen-bond acceptors (Lipinski definition) is 8. The van der Waals surface area contributed by atoms with Gasteiger partial charge in [0.2, 0.25) is 0 Å². The number of fused-ring (bicyclic) bond motifs is 2. The van der Waals surface area contributed by atoms with E-state index in [4.69, 9.17) is 23.4 Å². The van der Waals surface area contributed by atoms with Crippen molar-refractivity contribution in [3.8, 4) is 56.4 Å². The van der Waals surface area contributed by atoms with Gasteiger partial charge in [0, 0.05) is 58.5 Å². The van der Waals surface area contributed by atoms with Crippen molar-refractivity contribution in [1.82, 2.24) is 0 Å². The largest absolute Gasteiger partial charge is 0.453 e. The van der Waals surface area contributed by atoms with Gasteiger partial charge in [0.1, 0.15) is 22.7 Å². The molecule has 0 atom stereocenters. The summed E-state index contributed by atoms with van der Waals surface area (Å²) in [5, 5.41) is 1.63. The van der Waals surface area contributed by atoms with E-state index in [1.165, 1.54) is 0 Å². The van der Waals surface area contributed by atoms with Crippen LogP contribution >= 0.6 is 0 Å². The summed E-state index contributed by atoms with van der Waals surface area (Å²) in [6.45, 7) is 5.93. The Morgan fingerprint density at radius 3 is 1.52 bits per heavy atom. The smallest absolute Gasteiger partial charge is 0.344 e. The molecule has 8 aromatic rings. The molecule has 0 amide bonds. The van der Waals surface area contributed by atoms with Gasteiger partial charge >= 0.3 is 11.3 Å². The standard InChI is InChI=1S/C42H32N2O6/c1-3-44(4-2)32-14-12-30-22-34(42(46)50-40(30)24-32)26-8-6-10-28(20-26)36-16-18-38(48-36)37-17-15-35(47-37)27-9-5-7-25(19-27)33-21-29-11-13-31(43)23-39(29)49-41(33)45/h5-24H,3-4,43H2,1-2H3. The van der Waals surface area contributed by atoms with E-state index < -0.39 is 11.3 Å². The van der Waals surface area contributed by atoms with Crippen molar-refractivity contribution < 1.29 is 17.7 Å². The molecule has 4 aromatic heterocycles. The lowest BCUT2D eigenvalue weighted by Gasteiger charge is -2.21. The van der Waals surface area contributed by atoms with E-state index in [-0.39, 0.29) is 0 Å². The highest BCUT2D eigenvalue weighted by Crippen LogP contribution is 2.35. The van der Waals surface area contributed by atoms with Gasteiger partial charge in [0.15, 0.2) is 11.5 Å². The molecule has 4 heterocycles. The molecule has 4 aromatic carbocycles. The van der Waals surface area contributed by atoms with Crippen LogP contribution in [0.1, 0.15) is 13.8 Å². The summed E-state index contributed by atoms with van der Waals surface area (Å²) < 4.78 is 23.8. The summed E-state index contributed by atoms with van der Waals surface area (Å²) in [5.74, 6) is 2.35. The van der Waals surface area contributed by atoms with Gasteiger partial charge in [-0.3, -0.25) is 0 Å². The van der Waals surface area contributed by atoms with Gasteiger partial charge in [0.05, 0.1) is 11.1 Å². The maximum Gasteiger partial charge on any atom is 0.344 e. The molecule has 0 saturated heterocycles. The van der Waals surface area contributed by atoms with Crippen molar-refractivity contribution in [2.45, 2.75) is 13.8 Å². The number of benzene rings is 4. The molecule has 246 valence electrons. The number of anilines is 2. The van der Waals surface area contributed by atoms with Gasteiger partial charge in [-0.1, -0.05) is 36.4 Å². The zero-order valence-electron chi connectivity index (χ0n) is 27.4. The van der Waals surface area contributed by atoms with E-state index in [1.807, 2.05) is 103 Å². The first kappa shape index (κ1) is 30.8. The third kappa shape index (κ3) is 5.66. The number of nitrogen functional groups attached to an aromatic ring is 1. The molecule has 0 unspecified atom stereocenters. The second kappa shape index (κ2) is 12.5. The molecule has 50 heavy (non-hydrogen) atoms. The number of furan rings is 2. The Morgan fingerprint density at radius 2 is 0.980 bits per heavy atom. The highest BCUT2D eigenvalue weighted by molar-refractivity contribution is 5.86. The summed E-state index contributed by atoms with van der Waals surface area (Å²) >= 11 is 0. The van der Waals surface area contributed by atoms with Crippen LogP contribution < -0.4 is 21.9 Å². The number of rotatable bonds is 8. The minimum Gasteiger partial charge on any atom is -0.453 e. The first-order valence-electron chi connectivity index (χ1n) is 16.4. The van der Waals surface area contributed by atoms with Crippen LogP contribution in [0.15, 0.2) is 149 Å². The van der Waals surface area contributed by atoms with E-state index >= 15 is 0 Å². The van der Waals surface area contributed by atoms with Crippen LogP contribution in [0.3, 0.4) is 0 Å². The fourth-order valence-corrected chi connectivity index (χ4v) is 6.35. The van der Waals surface area contributed by atoms with Gasteiger partial charge in [-0.2, -0.15) is 0 Å². The Kier molecular flexibility index (Phi) is 7.68. The van der Waals surface area contributed by atoms with Gasteiger partial charge in [-0.15, -0.1) is 0 Å². The molecule has 0 saturated carbocycles. The highest BCUT2D eigenvalue weighted by Gasteiger charge is 2.16. The zero-order valence-corrected chi connectivity index (χ0v) is 27.4. The second-order valence-electron chi connectivity index (χ2n) is 12.1. The van der Waals surface area contributed by atoms with Crippen LogP contribution in [0, 0.1) is 0 Å². The molecule has 8 heteroatoms. The summed E-state index contributed by atoms with van der Waals surface area (Å²) in [4.78, 5) is 28.2. The molecule has 8 rings (SSSR count). The molecule has 2 N–H and O–H groups in total. The van der Waals surface area contributed by atoms with Crippen LogP contribution in [0.4, 0.5) is 11.4 Å². The molecule has 0 aliphatic carbocycles. The molecule has 0 radical (unpaired) electrons. The number of nitrogens with two attached hydrogens (primary N) is 1. The average Bonchev–Trinajstić information content (AvgIpc) is 3.83. The summed E-state index contributed by atoms with van der Waals surface area (Å²) in [6.07, 6.45) is 0. The lowest BCUT2D eigenvalue weighted by Crippen LogP contribution is -2.21. The van der Waals surface area contributed by atoms with Crippen molar-refractivity contribution in [3.63, 3.8) is 0 Å². The molecular formula is C42H32N2O6. The highest BCUT2D eigenvalue weighted by atomic mass is 16.4. The predicted molar refractivity (Wildman–Crippen MR) is 198 cm³/mol. The maximum absolute atomic E-state index is 13.2. The number of hydrogen-bond donors (Lipinski definition) is 1. The number of nitrogens with zero attached hydrogens (tertiary/aromatic N) is 1. The van der Waals surface area contributed by atoms with Crippen molar-refractivity contribution in [2.24, 2.45) is 0 Å². The Labute approximate surface area is 286 Å². The summed E-state index contributed by atoms with van der Waals surface area (Å²) in [6, 6.07) is 37.5. The third-order valence-electron chi connectivity index (χ3n) is 8.98. The molecule has 0 aliphatic rings.